The minimum atomic E-state index is -0.214. The fourth-order valence-corrected chi connectivity index (χ4v) is 3.42. The molecule has 0 radical (unpaired) electrons. The molecule has 0 unspecified atom stereocenters. The first-order valence-electron chi connectivity index (χ1n) is 8.20. The summed E-state index contributed by atoms with van der Waals surface area (Å²) in [5.41, 5.74) is 1.12. The van der Waals surface area contributed by atoms with Crippen molar-refractivity contribution in [3.8, 4) is 5.75 Å². The Morgan fingerprint density at radius 3 is 2.59 bits per heavy atom. The van der Waals surface area contributed by atoms with E-state index < -0.39 is 0 Å². The van der Waals surface area contributed by atoms with E-state index in [1.807, 2.05) is 29.2 Å². The smallest absolute Gasteiger partial charge is 0.223 e. The molecule has 4 nitrogen and oxygen atoms in total. The average molecular weight is 303 g/mol. The molecule has 22 heavy (non-hydrogen) atoms. The Balaban J connectivity index is 1.61. The molecule has 120 valence electrons. The van der Waals surface area contributed by atoms with E-state index in [1.54, 1.807) is 7.11 Å². The van der Waals surface area contributed by atoms with Crippen molar-refractivity contribution in [3.05, 3.63) is 29.8 Å². The van der Waals surface area contributed by atoms with E-state index in [0.29, 0.717) is 18.3 Å². The summed E-state index contributed by atoms with van der Waals surface area (Å²) in [5, 5.41) is 10.1. The van der Waals surface area contributed by atoms with Crippen molar-refractivity contribution in [1.82, 2.24) is 4.90 Å². The highest BCUT2D eigenvalue weighted by molar-refractivity contribution is 5.79. The maximum absolute atomic E-state index is 12.3. The SMILES string of the molecule is COc1ccc([C@@H](C)N2C[C@H](C[C@@H](O)C3CC3)CC2=O)cc1. The van der Waals surface area contributed by atoms with Gasteiger partial charge in [0.2, 0.25) is 5.91 Å². The van der Waals surface area contributed by atoms with Crippen LogP contribution in [0.15, 0.2) is 24.3 Å². The van der Waals surface area contributed by atoms with Gasteiger partial charge in [-0.15, -0.1) is 0 Å². The molecule has 1 aliphatic carbocycles. The van der Waals surface area contributed by atoms with Crippen LogP contribution in [-0.4, -0.2) is 35.7 Å². The van der Waals surface area contributed by atoms with Crippen LogP contribution in [0, 0.1) is 11.8 Å². The number of likely N-dealkylation sites (tertiary alicyclic amines) is 1. The number of carbonyl (C=O) groups is 1. The second kappa shape index (κ2) is 6.29. The van der Waals surface area contributed by atoms with Crippen molar-refractivity contribution < 1.29 is 14.6 Å². The molecular formula is C18H25NO3. The molecule has 1 aromatic carbocycles. The van der Waals surface area contributed by atoms with E-state index in [4.69, 9.17) is 4.74 Å². The molecule has 1 amide bonds. The maximum Gasteiger partial charge on any atom is 0.223 e. The first kappa shape index (κ1) is 15.3. The molecular weight excluding hydrogens is 278 g/mol. The van der Waals surface area contributed by atoms with Crippen LogP contribution >= 0.6 is 0 Å². The van der Waals surface area contributed by atoms with Gasteiger partial charge in [-0.2, -0.15) is 0 Å². The van der Waals surface area contributed by atoms with Gasteiger partial charge in [0.15, 0.2) is 0 Å². The molecule has 1 saturated heterocycles. The number of carbonyl (C=O) groups excluding carboxylic acids is 1. The van der Waals surface area contributed by atoms with Gasteiger partial charge >= 0.3 is 0 Å². The molecule has 2 fully saturated rings. The normalized spacial score (nSPS) is 24.4. The lowest BCUT2D eigenvalue weighted by atomic mass is 9.98. The summed E-state index contributed by atoms with van der Waals surface area (Å²) >= 11 is 0. The Hall–Kier alpha value is -1.55. The lowest BCUT2D eigenvalue weighted by Gasteiger charge is -2.25. The molecule has 0 bridgehead atoms. The number of benzene rings is 1. The number of methoxy groups -OCH3 is 1. The van der Waals surface area contributed by atoms with Crippen LogP contribution in [0.3, 0.4) is 0 Å². The zero-order valence-corrected chi connectivity index (χ0v) is 13.4. The van der Waals surface area contributed by atoms with E-state index in [1.165, 1.54) is 0 Å². The van der Waals surface area contributed by atoms with Gasteiger partial charge in [0.1, 0.15) is 5.75 Å². The predicted octanol–water partition coefficient (Wildman–Crippen LogP) is 2.77. The van der Waals surface area contributed by atoms with E-state index in [-0.39, 0.29) is 18.1 Å². The first-order chi connectivity index (χ1) is 10.6. The van der Waals surface area contributed by atoms with Gasteiger partial charge in [-0.1, -0.05) is 12.1 Å². The molecule has 1 saturated carbocycles. The fourth-order valence-electron chi connectivity index (χ4n) is 3.42. The van der Waals surface area contributed by atoms with E-state index in [0.717, 1.165) is 37.1 Å². The van der Waals surface area contributed by atoms with Crippen LogP contribution in [0.25, 0.3) is 0 Å². The van der Waals surface area contributed by atoms with E-state index in [9.17, 15) is 9.90 Å². The Morgan fingerprint density at radius 1 is 1.32 bits per heavy atom. The second-order valence-electron chi connectivity index (χ2n) is 6.71. The monoisotopic (exact) mass is 303 g/mol. The number of hydrogen-bond acceptors (Lipinski definition) is 3. The lowest BCUT2D eigenvalue weighted by Crippen LogP contribution is -2.29. The summed E-state index contributed by atoms with van der Waals surface area (Å²) in [7, 11) is 1.65. The highest BCUT2D eigenvalue weighted by atomic mass is 16.5. The minimum Gasteiger partial charge on any atom is -0.497 e. The Labute approximate surface area is 132 Å². The summed E-state index contributed by atoms with van der Waals surface area (Å²) in [6, 6.07) is 7.97. The summed E-state index contributed by atoms with van der Waals surface area (Å²) in [6.45, 7) is 2.83. The Kier molecular flexibility index (Phi) is 4.39. The Morgan fingerprint density at radius 2 is 2.00 bits per heavy atom. The molecule has 1 heterocycles. The van der Waals surface area contributed by atoms with Gasteiger partial charge in [0.05, 0.1) is 19.3 Å². The highest BCUT2D eigenvalue weighted by Crippen LogP contribution is 2.38. The van der Waals surface area contributed by atoms with Gasteiger partial charge in [-0.05, 0) is 55.7 Å². The molecule has 0 aromatic heterocycles. The van der Waals surface area contributed by atoms with Gasteiger partial charge in [-0.3, -0.25) is 4.79 Å². The van der Waals surface area contributed by atoms with Crippen LogP contribution < -0.4 is 4.74 Å². The molecule has 1 aromatic rings. The van der Waals surface area contributed by atoms with E-state index in [2.05, 4.69) is 6.92 Å². The molecule has 2 aliphatic rings. The number of aliphatic hydroxyl groups is 1. The summed E-state index contributed by atoms with van der Waals surface area (Å²) in [4.78, 5) is 14.3. The number of hydrogen-bond donors (Lipinski definition) is 1. The Bertz CT molecular complexity index is 524. The van der Waals surface area contributed by atoms with Crippen LogP contribution in [0.5, 0.6) is 5.75 Å². The first-order valence-corrected chi connectivity index (χ1v) is 8.20. The van der Waals surface area contributed by atoms with Crippen molar-refractivity contribution in [2.24, 2.45) is 11.8 Å². The topological polar surface area (TPSA) is 49.8 Å². The van der Waals surface area contributed by atoms with Gasteiger partial charge in [0.25, 0.3) is 0 Å². The van der Waals surface area contributed by atoms with Crippen LogP contribution in [0.4, 0.5) is 0 Å². The fraction of sp³-hybridized carbons (Fsp3) is 0.611. The zero-order valence-electron chi connectivity index (χ0n) is 13.4. The molecule has 1 aliphatic heterocycles. The van der Waals surface area contributed by atoms with Crippen LogP contribution in [0.1, 0.15) is 44.2 Å². The van der Waals surface area contributed by atoms with E-state index >= 15 is 0 Å². The third-order valence-corrected chi connectivity index (χ3v) is 5.05. The minimum absolute atomic E-state index is 0.0708. The van der Waals surface area contributed by atoms with Crippen molar-refractivity contribution in [2.45, 2.75) is 44.8 Å². The standard InChI is InChI=1S/C18H25NO3/c1-12(14-5-7-16(22-2)8-6-14)19-11-13(10-18(19)21)9-17(20)15-3-4-15/h5-8,12-13,15,17,20H,3-4,9-11H2,1-2H3/t12-,13-,17-/m1/s1. The van der Waals surface area contributed by atoms with Crippen LogP contribution in [0.2, 0.25) is 0 Å². The summed E-state index contributed by atoms with van der Waals surface area (Å²) < 4.78 is 5.18. The maximum atomic E-state index is 12.3. The molecule has 0 spiro atoms. The number of ether oxygens (including phenoxy) is 1. The lowest BCUT2D eigenvalue weighted by molar-refractivity contribution is -0.129. The van der Waals surface area contributed by atoms with Crippen LogP contribution in [-0.2, 0) is 4.79 Å². The van der Waals surface area contributed by atoms with Crippen molar-refractivity contribution in [2.75, 3.05) is 13.7 Å². The third-order valence-electron chi connectivity index (χ3n) is 5.05. The summed E-state index contributed by atoms with van der Waals surface area (Å²) in [6.07, 6.45) is 3.42. The van der Waals surface area contributed by atoms with Crippen molar-refractivity contribution >= 4 is 5.91 Å². The predicted molar refractivity (Wildman–Crippen MR) is 84.6 cm³/mol. The molecule has 3 rings (SSSR count). The molecule has 3 atom stereocenters. The largest absolute Gasteiger partial charge is 0.497 e. The highest BCUT2D eigenvalue weighted by Gasteiger charge is 2.37. The quantitative estimate of drug-likeness (QED) is 0.879. The number of aliphatic hydroxyl groups excluding tert-OH is 1. The molecule has 1 N–H and O–H groups in total. The average Bonchev–Trinajstić information content (AvgIpc) is 3.31. The van der Waals surface area contributed by atoms with Crippen molar-refractivity contribution in [1.29, 1.82) is 0 Å². The number of amides is 1. The third kappa shape index (κ3) is 3.27. The summed E-state index contributed by atoms with van der Waals surface area (Å²) in [5.74, 6) is 1.82. The second-order valence-corrected chi connectivity index (χ2v) is 6.71. The zero-order chi connectivity index (χ0) is 15.7. The van der Waals surface area contributed by atoms with Crippen molar-refractivity contribution in [3.63, 3.8) is 0 Å². The number of rotatable bonds is 6. The van der Waals surface area contributed by atoms with Gasteiger partial charge in [-0.25, -0.2) is 0 Å². The molecule has 4 heteroatoms. The van der Waals surface area contributed by atoms with Gasteiger partial charge < -0.3 is 14.7 Å². The van der Waals surface area contributed by atoms with Gasteiger partial charge in [0, 0.05) is 13.0 Å². The number of nitrogens with zero attached hydrogens (tertiary/aromatic N) is 1.